The first-order valence-corrected chi connectivity index (χ1v) is 6.90. The molecule has 1 fully saturated rings. The van der Waals surface area contributed by atoms with Crippen LogP contribution in [0.25, 0.3) is 0 Å². The summed E-state index contributed by atoms with van der Waals surface area (Å²) in [6.07, 6.45) is 0. The van der Waals surface area contributed by atoms with Crippen LogP contribution in [-0.2, 0) is 0 Å². The summed E-state index contributed by atoms with van der Waals surface area (Å²) in [7, 11) is 0. The van der Waals surface area contributed by atoms with Gasteiger partial charge in [-0.25, -0.2) is 13.2 Å². The predicted octanol–water partition coefficient (Wildman–Crippen LogP) is 3.52. The van der Waals surface area contributed by atoms with Crippen molar-refractivity contribution in [2.75, 3.05) is 26.2 Å². The highest BCUT2D eigenvalue weighted by atomic mass is 35.5. The van der Waals surface area contributed by atoms with Gasteiger partial charge in [0, 0.05) is 49.9 Å². The lowest BCUT2D eigenvalue weighted by atomic mass is 9.80. The monoisotopic (exact) mass is 322 g/mol. The van der Waals surface area contributed by atoms with Gasteiger partial charge in [0.2, 0.25) is 0 Å². The molecule has 0 spiro atoms. The van der Waals surface area contributed by atoms with Crippen molar-refractivity contribution in [3.63, 3.8) is 0 Å². The zero-order valence-corrected chi connectivity index (χ0v) is 13.4. The maximum atomic E-state index is 14.1. The summed E-state index contributed by atoms with van der Waals surface area (Å²) in [6.45, 7) is 8.86. The Morgan fingerprint density at radius 3 is 1.95 bits per heavy atom. The fourth-order valence-corrected chi connectivity index (χ4v) is 2.92. The van der Waals surface area contributed by atoms with Crippen molar-refractivity contribution in [3.8, 4) is 0 Å². The lowest BCUT2D eigenvalue weighted by Gasteiger charge is -2.42. The van der Waals surface area contributed by atoms with Gasteiger partial charge in [0.1, 0.15) is 17.5 Å². The molecule has 0 radical (unpaired) electrons. The molecule has 1 aliphatic rings. The van der Waals surface area contributed by atoms with E-state index in [4.69, 9.17) is 0 Å². The normalized spacial score (nSPS) is 18.2. The Kier molecular flexibility index (Phi) is 6.08. The fraction of sp³-hybridized carbons (Fsp3) is 0.600. The molecule has 1 atom stereocenters. The number of nitrogens with one attached hydrogen (secondary N) is 1. The molecule has 6 heteroatoms. The van der Waals surface area contributed by atoms with Gasteiger partial charge in [0.25, 0.3) is 0 Å². The number of halogens is 4. The third-order valence-corrected chi connectivity index (χ3v) is 3.65. The second-order valence-electron chi connectivity index (χ2n) is 6.34. The minimum absolute atomic E-state index is 0. The molecule has 1 saturated heterocycles. The number of rotatable bonds is 2. The summed E-state index contributed by atoms with van der Waals surface area (Å²) in [5.41, 5.74) is -0.377. The van der Waals surface area contributed by atoms with Crippen LogP contribution in [-0.4, -0.2) is 31.1 Å². The minimum atomic E-state index is -0.878. The Balaban J connectivity index is 0.00000220. The van der Waals surface area contributed by atoms with Crippen LogP contribution >= 0.6 is 12.4 Å². The summed E-state index contributed by atoms with van der Waals surface area (Å²) < 4.78 is 41.4. The molecule has 0 saturated carbocycles. The molecule has 1 aliphatic heterocycles. The summed E-state index contributed by atoms with van der Waals surface area (Å²) >= 11 is 0. The highest BCUT2D eigenvalue weighted by Gasteiger charge is 2.36. The molecular weight excluding hydrogens is 301 g/mol. The third kappa shape index (κ3) is 4.11. The zero-order chi connectivity index (χ0) is 14.9. The van der Waals surface area contributed by atoms with Gasteiger partial charge in [-0.1, -0.05) is 20.8 Å². The van der Waals surface area contributed by atoms with Crippen molar-refractivity contribution in [2.45, 2.75) is 26.8 Å². The fourth-order valence-electron chi connectivity index (χ4n) is 2.92. The summed E-state index contributed by atoms with van der Waals surface area (Å²) in [5.74, 6) is -2.49. The molecule has 2 rings (SSSR count). The smallest absolute Gasteiger partial charge is 0.133 e. The number of hydrogen-bond donors (Lipinski definition) is 1. The Labute approximate surface area is 130 Å². The van der Waals surface area contributed by atoms with E-state index in [0.717, 1.165) is 38.3 Å². The van der Waals surface area contributed by atoms with Crippen LogP contribution in [0, 0.1) is 22.9 Å². The summed E-state index contributed by atoms with van der Waals surface area (Å²) in [5, 5.41) is 3.22. The average Bonchev–Trinajstić information content (AvgIpc) is 2.33. The Morgan fingerprint density at radius 1 is 1.05 bits per heavy atom. The van der Waals surface area contributed by atoms with Gasteiger partial charge < -0.3 is 5.32 Å². The Bertz CT molecular complexity index is 459. The predicted molar refractivity (Wildman–Crippen MR) is 80.2 cm³/mol. The van der Waals surface area contributed by atoms with E-state index in [1.54, 1.807) is 0 Å². The van der Waals surface area contributed by atoms with Gasteiger partial charge >= 0.3 is 0 Å². The van der Waals surface area contributed by atoms with Crippen LogP contribution < -0.4 is 5.32 Å². The topological polar surface area (TPSA) is 15.3 Å². The molecule has 0 aromatic heterocycles. The van der Waals surface area contributed by atoms with E-state index in [1.165, 1.54) is 0 Å². The first-order chi connectivity index (χ1) is 9.30. The summed E-state index contributed by atoms with van der Waals surface area (Å²) in [4.78, 5) is 2.07. The van der Waals surface area contributed by atoms with Crippen LogP contribution in [0.4, 0.5) is 13.2 Å². The average molecular weight is 323 g/mol. The first kappa shape index (κ1) is 18.3. The van der Waals surface area contributed by atoms with Crippen molar-refractivity contribution >= 4 is 12.4 Å². The molecule has 0 bridgehead atoms. The maximum absolute atomic E-state index is 14.1. The molecular formula is C15H22ClF3N2. The molecule has 0 amide bonds. The minimum Gasteiger partial charge on any atom is -0.314 e. The first-order valence-electron chi connectivity index (χ1n) is 6.90. The molecule has 1 aromatic rings. The second kappa shape index (κ2) is 6.99. The second-order valence-corrected chi connectivity index (χ2v) is 6.34. The Hall–Kier alpha value is -0.780. The Morgan fingerprint density at radius 2 is 1.52 bits per heavy atom. The number of benzene rings is 1. The van der Waals surface area contributed by atoms with E-state index < -0.39 is 23.5 Å². The van der Waals surface area contributed by atoms with E-state index in [-0.39, 0.29) is 23.4 Å². The standard InChI is InChI=1S/C15H21F3N2.ClH/c1-15(2,3)14(20-6-4-19-5-7-20)13-11(17)8-10(16)9-12(13)18;/h8-9,14,19H,4-7H2,1-3H3;1H/t14-;/m0./s1. The molecule has 1 aromatic carbocycles. The van der Waals surface area contributed by atoms with Crippen LogP contribution in [0.5, 0.6) is 0 Å². The van der Waals surface area contributed by atoms with Gasteiger partial charge in [-0.3, -0.25) is 4.90 Å². The van der Waals surface area contributed by atoms with Crippen molar-refractivity contribution in [2.24, 2.45) is 5.41 Å². The van der Waals surface area contributed by atoms with Gasteiger partial charge in [-0.15, -0.1) is 12.4 Å². The molecule has 1 heterocycles. The van der Waals surface area contributed by atoms with E-state index in [1.807, 2.05) is 20.8 Å². The number of hydrogen-bond acceptors (Lipinski definition) is 2. The summed E-state index contributed by atoms with van der Waals surface area (Å²) in [6, 6.07) is 1.11. The van der Waals surface area contributed by atoms with Crippen molar-refractivity contribution in [1.29, 1.82) is 0 Å². The van der Waals surface area contributed by atoms with E-state index >= 15 is 0 Å². The van der Waals surface area contributed by atoms with Crippen molar-refractivity contribution in [1.82, 2.24) is 10.2 Å². The third-order valence-electron chi connectivity index (χ3n) is 3.65. The maximum Gasteiger partial charge on any atom is 0.133 e. The molecule has 2 nitrogen and oxygen atoms in total. The molecule has 0 unspecified atom stereocenters. The van der Waals surface area contributed by atoms with Gasteiger partial charge in [0.05, 0.1) is 0 Å². The van der Waals surface area contributed by atoms with E-state index in [9.17, 15) is 13.2 Å². The van der Waals surface area contributed by atoms with E-state index in [0.29, 0.717) is 0 Å². The highest BCUT2D eigenvalue weighted by molar-refractivity contribution is 5.85. The van der Waals surface area contributed by atoms with Gasteiger partial charge in [-0.05, 0) is 5.41 Å². The van der Waals surface area contributed by atoms with Crippen LogP contribution in [0.3, 0.4) is 0 Å². The van der Waals surface area contributed by atoms with Crippen LogP contribution in [0.1, 0.15) is 32.4 Å². The molecule has 0 aliphatic carbocycles. The largest absolute Gasteiger partial charge is 0.314 e. The van der Waals surface area contributed by atoms with Crippen molar-refractivity contribution < 1.29 is 13.2 Å². The lowest BCUT2D eigenvalue weighted by molar-refractivity contribution is 0.0803. The molecule has 120 valence electrons. The van der Waals surface area contributed by atoms with Gasteiger partial charge in [0.15, 0.2) is 0 Å². The van der Waals surface area contributed by atoms with Gasteiger partial charge in [-0.2, -0.15) is 0 Å². The van der Waals surface area contributed by atoms with Crippen molar-refractivity contribution in [3.05, 3.63) is 35.1 Å². The highest BCUT2D eigenvalue weighted by Crippen LogP contribution is 2.40. The SMILES string of the molecule is CC(C)(C)[C@H](c1c(F)cc(F)cc1F)N1CCNCC1.Cl. The van der Waals surface area contributed by atoms with E-state index in [2.05, 4.69) is 10.2 Å². The van der Waals surface area contributed by atoms with Crippen LogP contribution in [0.15, 0.2) is 12.1 Å². The van der Waals surface area contributed by atoms with Crippen LogP contribution in [0.2, 0.25) is 0 Å². The zero-order valence-electron chi connectivity index (χ0n) is 12.5. The molecule has 1 N–H and O–H groups in total. The lowest BCUT2D eigenvalue weighted by Crippen LogP contribution is -2.48. The quantitative estimate of drug-likeness (QED) is 0.896. The number of piperazine rings is 1. The number of nitrogens with zero attached hydrogens (tertiary/aromatic N) is 1. The molecule has 21 heavy (non-hydrogen) atoms.